The van der Waals surface area contributed by atoms with E-state index in [0.717, 1.165) is 5.69 Å². The van der Waals surface area contributed by atoms with Gasteiger partial charge in [0, 0.05) is 44.6 Å². The molecule has 0 unspecified atom stereocenters. The molecule has 2 heterocycles. The van der Waals surface area contributed by atoms with E-state index in [-0.39, 0.29) is 36.5 Å². The lowest BCUT2D eigenvalue weighted by Gasteiger charge is -2.35. The average molecular weight is 444 g/mol. The number of nitrogens with zero attached hydrogens (tertiary/aromatic N) is 5. The van der Waals surface area contributed by atoms with Crippen molar-refractivity contribution in [3.8, 4) is 0 Å². The summed E-state index contributed by atoms with van der Waals surface area (Å²) in [4.78, 5) is 29.2. The van der Waals surface area contributed by atoms with E-state index in [1.807, 2.05) is 32.0 Å². The number of carbonyl (C=O) groups excluding carboxylic acids is 2. The van der Waals surface area contributed by atoms with Crippen molar-refractivity contribution in [1.82, 2.24) is 24.8 Å². The van der Waals surface area contributed by atoms with Crippen LogP contribution in [0.2, 0.25) is 0 Å². The number of rotatable bonds is 5. The van der Waals surface area contributed by atoms with Crippen molar-refractivity contribution < 1.29 is 19.4 Å². The SMILES string of the molecule is C[C@H](CO)N1C[C@H](C)[C@@H](CN(C)C(=O)c2ccccc2)OCc2cnnn2CCCC1=O. The van der Waals surface area contributed by atoms with Gasteiger partial charge in [0.15, 0.2) is 0 Å². The minimum absolute atomic E-state index is 0.00638. The van der Waals surface area contributed by atoms with E-state index in [1.165, 1.54) is 0 Å². The van der Waals surface area contributed by atoms with Gasteiger partial charge in [-0.15, -0.1) is 5.10 Å². The van der Waals surface area contributed by atoms with Crippen LogP contribution in [-0.2, 0) is 22.7 Å². The molecule has 32 heavy (non-hydrogen) atoms. The first kappa shape index (κ1) is 23.9. The molecule has 1 N–H and O–H groups in total. The van der Waals surface area contributed by atoms with Gasteiger partial charge in [-0.2, -0.15) is 0 Å². The summed E-state index contributed by atoms with van der Waals surface area (Å²) < 4.78 is 8.03. The van der Waals surface area contributed by atoms with Gasteiger partial charge in [0.1, 0.15) is 0 Å². The molecular weight excluding hydrogens is 410 g/mol. The van der Waals surface area contributed by atoms with Gasteiger partial charge in [-0.1, -0.05) is 30.3 Å². The summed E-state index contributed by atoms with van der Waals surface area (Å²) in [6.07, 6.45) is 2.36. The Balaban J connectivity index is 1.81. The molecule has 1 aromatic heterocycles. The van der Waals surface area contributed by atoms with Crippen LogP contribution in [-0.4, -0.2) is 80.6 Å². The molecule has 0 saturated carbocycles. The summed E-state index contributed by atoms with van der Waals surface area (Å²) >= 11 is 0. The predicted molar refractivity (Wildman–Crippen MR) is 119 cm³/mol. The lowest BCUT2D eigenvalue weighted by atomic mass is 10.0. The van der Waals surface area contributed by atoms with Crippen LogP contribution < -0.4 is 0 Å². The fourth-order valence-corrected chi connectivity index (χ4v) is 3.90. The topological polar surface area (TPSA) is 101 Å². The summed E-state index contributed by atoms with van der Waals surface area (Å²) in [5.41, 5.74) is 1.46. The molecule has 0 radical (unpaired) electrons. The Morgan fingerprint density at radius 1 is 1.34 bits per heavy atom. The lowest BCUT2D eigenvalue weighted by Crippen LogP contribution is -2.47. The zero-order chi connectivity index (χ0) is 23.1. The lowest BCUT2D eigenvalue weighted by molar-refractivity contribution is -0.136. The van der Waals surface area contributed by atoms with E-state index in [4.69, 9.17) is 4.74 Å². The second-order valence-corrected chi connectivity index (χ2v) is 8.51. The van der Waals surface area contributed by atoms with Gasteiger partial charge in [0.25, 0.3) is 5.91 Å². The van der Waals surface area contributed by atoms with Gasteiger partial charge >= 0.3 is 0 Å². The van der Waals surface area contributed by atoms with E-state index >= 15 is 0 Å². The van der Waals surface area contributed by atoms with Crippen LogP contribution in [0.15, 0.2) is 36.5 Å². The number of amides is 2. The van der Waals surface area contributed by atoms with E-state index in [0.29, 0.717) is 44.6 Å². The number of aromatic nitrogens is 3. The Kier molecular flexibility index (Phi) is 8.35. The molecule has 9 nitrogen and oxygen atoms in total. The van der Waals surface area contributed by atoms with Crippen LogP contribution >= 0.6 is 0 Å². The number of carbonyl (C=O) groups is 2. The normalized spacial score (nSPS) is 21.2. The minimum Gasteiger partial charge on any atom is -0.394 e. The number of hydrogen-bond donors (Lipinski definition) is 1. The van der Waals surface area contributed by atoms with Crippen molar-refractivity contribution in [2.24, 2.45) is 5.92 Å². The number of aliphatic hydroxyl groups is 1. The molecule has 0 saturated heterocycles. The standard InChI is InChI=1S/C23H33N5O4/c1-17-13-27(18(2)15-29)22(30)10-7-11-28-20(12-24-25-28)16-32-21(17)14-26(3)23(31)19-8-5-4-6-9-19/h4-6,8-9,12,17-18,21,29H,7,10-11,13-16H2,1-3H3/t17-,18+,21+/m0/s1. The third-order valence-corrected chi connectivity index (χ3v) is 5.96. The number of fused-ring (bicyclic) bond motifs is 1. The smallest absolute Gasteiger partial charge is 0.253 e. The molecule has 1 aliphatic heterocycles. The highest BCUT2D eigenvalue weighted by Crippen LogP contribution is 2.19. The van der Waals surface area contributed by atoms with Crippen molar-refractivity contribution >= 4 is 11.8 Å². The molecule has 0 aliphatic carbocycles. The molecule has 1 aromatic carbocycles. The minimum atomic E-state index is -0.323. The highest BCUT2D eigenvalue weighted by Gasteiger charge is 2.29. The molecule has 3 atom stereocenters. The summed E-state index contributed by atoms with van der Waals surface area (Å²) in [6, 6.07) is 8.84. The Morgan fingerprint density at radius 2 is 2.09 bits per heavy atom. The van der Waals surface area contributed by atoms with Crippen molar-refractivity contribution in [2.75, 3.05) is 26.7 Å². The van der Waals surface area contributed by atoms with E-state index < -0.39 is 0 Å². The van der Waals surface area contributed by atoms with Gasteiger partial charge < -0.3 is 19.6 Å². The molecule has 2 aromatic rings. The fraction of sp³-hybridized carbons (Fsp3) is 0.565. The molecule has 1 aliphatic rings. The van der Waals surface area contributed by atoms with Crippen LogP contribution in [0.4, 0.5) is 0 Å². The third-order valence-electron chi connectivity index (χ3n) is 5.96. The van der Waals surface area contributed by atoms with Crippen molar-refractivity contribution in [2.45, 2.75) is 52.0 Å². The zero-order valence-corrected chi connectivity index (χ0v) is 19.1. The second-order valence-electron chi connectivity index (χ2n) is 8.51. The van der Waals surface area contributed by atoms with Gasteiger partial charge in [-0.3, -0.25) is 9.59 Å². The summed E-state index contributed by atoms with van der Waals surface area (Å²) in [5.74, 6) is -0.160. The Hall–Kier alpha value is -2.78. The first-order chi connectivity index (χ1) is 15.4. The van der Waals surface area contributed by atoms with Crippen LogP contribution in [0, 0.1) is 5.92 Å². The number of ether oxygens (including phenoxy) is 1. The van der Waals surface area contributed by atoms with Crippen LogP contribution in [0.1, 0.15) is 42.7 Å². The van der Waals surface area contributed by atoms with Crippen molar-refractivity contribution in [1.29, 1.82) is 0 Å². The third kappa shape index (κ3) is 5.92. The second kappa shape index (κ2) is 11.2. The van der Waals surface area contributed by atoms with E-state index in [1.54, 1.807) is 39.9 Å². The van der Waals surface area contributed by atoms with Crippen molar-refractivity contribution in [3.63, 3.8) is 0 Å². The number of likely N-dealkylation sites (N-methyl/N-ethyl adjacent to an activating group) is 1. The summed E-state index contributed by atoms with van der Waals surface area (Å²) in [5, 5.41) is 17.8. The molecule has 2 amide bonds. The maximum Gasteiger partial charge on any atom is 0.253 e. The molecule has 0 fully saturated rings. The highest BCUT2D eigenvalue weighted by atomic mass is 16.5. The number of benzene rings is 1. The summed E-state index contributed by atoms with van der Waals surface area (Å²) in [7, 11) is 1.76. The molecule has 3 rings (SSSR count). The monoisotopic (exact) mass is 443 g/mol. The first-order valence-corrected chi connectivity index (χ1v) is 11.1. The van der Waals surface area contributed by atoms with Gasteiger partial charge in [0.2, 0.25) is 5.91 Å². The van der Waals surface area contributed by atoms with Gasteiger partial charge in [0.05, 0.1) is 37.3 Å². The maximum atomic E-state index is 12.9. The first-order valence-electron chi connectivity index (χ1n) is 11.1. The van der Waals surface area contributed by atoms with E-state index in [9.17, 15) is 14.7 Å². The number of hydrogen-bond acceptors (Lipinski definition) is 6. The zero-order valence-electron chi connectivity index (χ0n) is 19.1. The van der Waals surface area contributed by atoms with Crippen LogP contribution in [0.5, 0.6) is 0 Å². The largest absolute Gasteiger partial charge is 0.394 e. The average Bonchev–Trinajstić information content (AvgIpc) is 3.25. The molecule has 0 bridgehead atoms. The number of aryl methyl sites for hydroxylation is 1. The quantitative estimate of drug-likeness (QED) is 0.753. The van der Waals surface area contributed by atoms with Gasteiger partial charge in [-0.05, 0) is 25.5 Å². The van der Waals surface area contributed by atoms with Crippen LogP contribution in [0.3, 0.4) is 0 Å². The fourth-order valence-electron chi connectivity index (χ4n) is 3.90. The summed E-state index contributed by atoms with van der Waals surface area (Å²) in [6.45, 7) is 5.44. The van der Waals surface area contributed by atoms with Crippen molar-refractivity contribution in [3.05, 3.63) is 47.8 Å². The molecule has 0 spiro atoms. The molecule has 174 valence electrons. The highest BCUT2D eigenvalue weighted by molar-refractivity contribution is 5.94. The Morgan fingerprint density at radius 3 is 2.81 bits per heavy atom. The molecular formula is C23H33N5O4. The van der Waals surface area contributed by atoms with Crippen LogP contribution in [0.25, 0.3) is 0 Å². The predicted octanol–water partition coefficient (Wildman–Crippen LogP) is 1.57. The Labute approximate surface area is 189 Å². The number of aliphatic hydroxyl groups excluding tert-OH is 1. The van der Waals surface area contributed by atoms with Gasteiger partial charge in [-0.25, -0.2) is 4.68 Å². The maximum absolute atomic E-state index is 12.9. The Bertz CT molecular complexity index is 888. The van der Waals surface area contributed by atoms with E-state index in [2.05, 4.69) is 10.3 Å². The molecule has 9 heteroatoms.